The Bertz CT molecular complexity index is 1110. The normalized spacial score (nSPS) is 29.0. The molecule has 1 amide bonds. The third-order valence-electron chi connectivity index (χ3n) is 8.01. The lowest BCUT2D eigenvalue weighted by Gasteiger charge is -2.55. The van der Waals surface area contributed by atoms with Gasteiger partial charge in [-0.25, -0.2) is 0 Å². The largest absolute Gasteiger partial charge is 0.361 e. The van der Waals surface area contributed by atoms with E-state index < -0.39 is 0 Å². The van der Waals surface area contributed by atoms with Crippen LogP contribution in [0.3, 0.4) is 0 Å². The monoisotopic (exact) mass is 445 g/mol. The van der Waals surface area contributed by atoms with Crippen molar-refractivity contribution in [3.8, 4) is 0 Å². The van der Waals surface area contributed by atoms with Crippen LogP contribution in [0.4, 0.5) is 5.95 Å². The Balaban J connectivity index is 1.15. The van der Waals surface area contributed by atoms with Gasteiger partial charge < -0.3 is 15.6 Å². The number of tetrazole rings is 1. The van der Waals surface area contributed by atoms with Crippen molar-refractivity contribution in [1.29, 1.82) is 0 Å². The minimum absolute atomic E-state index is 0.0227. The number of aromatic amines is 2. The van der Waals surface area contributed by atoms with E-state index in [9.17, 15) is 4.79 Å². The molecular formula is C25H31N7O. The van der Waals surface area contributed by atoms with Crippen LogP contribution in [0.2, 0.25) is 0 Å². The van der Waals surface area contributed by atoms with Crippen LogP contribution >= 0.6 is 0 Å². The SMILES string of the molecule is O=C(/C=C/C12CC3CC(CC(C3)C1)C2)NC(CNc1nn[nH]n1)Cc1c[nH]c2ccccc12. The summed E-state index contributed by atoms with van der Waals surface area (Å²) in [5.74, 6) is 3.02. The number of rotatable bonds is 8. The first kappa shape index (κ1) is 20.4. The molecule has 8 nitrogen and oxygen atoms in total. The Morgan fingerprint density at radius 1 is 1.15 bits per heavy atom. The standard InChI is InChI=1S/C25H31N7O/c33-23(5-6-25-11-16-7-17(12-25)9-18(8-16)13-25)28-20(15-27-24-29-31-32-30-24)10-19-14-26-22-4-2-1-3-21(19)22/h1-6,14,16-18,20,26H,7-13,15H2,(H,28,33)(H2,27,29,30,31,32)/b6-5+. The fourth-order valence-electron chi connectivity index (χ4n) is 7.07. The molecular weight excluding hydrogens is 414 g/mol. The van der Waals surface area contributed by atoms with E-state index in [0.717, 1.165) is 23.3 Å². The molecule has 0 radical (unpaired) electrons. The highest BCUT2D eigenvalue weighted by atomic mass is 16.1. The number of hydrogen-bond donors (Lipinski definition) is 4. The van der Waals surface area contributed by atoms with Crippen LogP contribution in [0, 0.1) is 23.2 Å². The van der Waals surface area contributed by atoms with E-state index >= 15 is 0 Å². The molecule has 33 heavy (non-hydrogen) atoms. The lowest BCUT2D eigenvalue weighted by molar-refractivity contribution is -0.117. The maximum absolute atomic E-state index is 13.0. The van der Waals surface area contributed by atoms with Gasteiger partial charge in [0.05, 0.1) is 6.04 Å². The molecule has 1 aromatic carbocycles. The summed E-state index contributed by atoms with van der Waals surface area (Å²) < 4.78 is 0. The van der Waals surface area contributed by atoms with Crippen LogP contribution in [-0.2, 0) is 11.2 Å². The Kier molecular flexibility index (Phi) is 5.15. The number of nitrogens with one attached hydrogen (secondary N) is 4. The molecule has 4 N–H and O–H groups in total. The van der Waals surface area contributed by atoms with Crippen LogP contribution in [-0.4, -0.2) is 44.1 Å². The van der Waals surface area contributed by atoms with Gasteiger partial charge in [0.2, 0.25) is 5.91 Å². The molecule has 4 aliphatic rings. The fraction of sp³-hybridized carbons (Fsp3) is 0.520. The zero-order valence-electron chi connectivity index (χ0n) is 18.8. The molecule has 3 aromatic rings. The van der Waals surface area contributed by atoms with E-state index in [0.29, 0.717) is 18.9 Å². The molecule has 1 unspecified atom stereocenters. The number of carbonyl (C=O) groups is 1. The average Bonchev–Trinajstić information content (AvgIpc) is 3.46. The molecule has 4 saturated carbocycles. The van der Waals surface area contributed by atoms with Gasteiger partial charge in [0.25, 0.3) is 5.95 Å². The maximum Gasteiger partial charge on any atom is 0.263 e. The van der Waals surface area contributed by atoms with Crippen molar-refractivity contribution in [3.05, 3.63) is 48.2 Å². The maximum atomic E-state index is 13.0. The Morgan fingerprint density at radius 2 is 1.91 bits per heavy atom. The van der Waals surface area contributed by atoms with Crippen molar-refractivity contribution >= 4 is 22.8 Å². The summed E-state index contributed by atoms with van der Waals surface area (Å²) in [4.78, 5) is 16.3. The van der Waals surface area contributed by atoms with Crippen LogP contribution < -0.4 is 10.6 Å². The van der Waals surface area contributed by atoms with Gasteiger partial charge in [-0.15, -0.1) is 5.10 Å². The smallest absolute Gasteiger partial charge is 0.263 e. The zero-order valence-corrected chi connectivity index (χ0v) is 18.8. The van der Waals surface area contributed by atoms with Crippen molar-refractivity contribution < 1.29 is 4.79 Å². The molecule has 2 aromatic heterocycles. The number of para-hydroxylation sites is 1. The predicted molar refractivity (Wildman–Crippen MR) is 126 cm³/mol. The van der Waals surface area contributed by atoms with E-state index in [1.54, 1.807) is 0 Å². The first-order chi connectivity index (χ1) is 16.1. The third-order valence-corrected chi connectivity index (χ3v) is 8.01. The first-order valence-electron chi connectivity index (χ1n) is 12.2. The topological polar surface area (TPSA) is 111 Å². The Labute approximate surface area is 193 Å². The molecule has 4 aliphatic carbocycles. The molecule has 4 bridgehead atoms. The van der Waals surface area contributed by atoms with Crippen molar-refractivity contribution in [2.24, 2.45) is 23.2 Å². The lowest BCUT2D eigenvalue weighted by Crippen LogP contribution is -2.45. The number of benzene rings is 1. The van der Waals surface area contributed by atoms with Gasteiger partial charge in [-0.05, 0) is 91.0 Å². The summed E-state index contributed by atoms with van der Waals surface area (Å²) >= 11 is 0. The number of amides is 1. The number of hydrogen-bond acceptors (Lipinski definition) is 5. The van der Waals surface area contributed by atoms with E-state index in [1.165, 1.54) is 49.5 Å². The number of carbonyl (C=O) groups excluding carboxylic acids is 1. The number of nitrogens with zero attached hydrogens (tertiary/aromatic N) is 3. The van der Waals surface area contributed by atoms with Gasteiger partial charge in [-0.2, -0.15) is 5.21 Å². The van der Waals surface area contributed by atoms with Crippen molar-refractivity contribution in [3.63, 3.8) is 0 Å². The summed E-state index contributed by atoms with van der Waals surface area (Å²) in [6.07, 6.45) is 14.8. The van der Waals surface area contributed by atoms with E-state index in [1.807, 2.05) is 24.4 Å². The van der Waals surface area contributed by atoms with Gasteiger partial charge in [0.15, 0.2) is 0 Å². The lowest BCUT2D eigenvalue weighted by atomic mass is 9.49. The quantitative estimate of drug-likeness (QED) is 0.396. The van der Waals surface area contributed by atoms with Gasteiger partial charge >= 0.3 is 0 Å². The van der Waals surface area contributed by atoms with Crippen LogP contribution in [0.15, 0.2) is 42.6 Å². The summed E-state index contributed by atoms with van der Waals surface area (Å²) in [5, 5.41) is 21.6. The van der Waals surface area contributed by atoms with Crippen molar-refractivity contribution in [1.82, 2.24) is 30.9 Å². The van der Waals surface area contributed by atoms with Crippen LogP contribution in [0.25, 0.3) is 10.9 Å². The van der Waals surface area contributed by atoms with E-state index in [-0.39, 0.29) is 17.4 Å². The molecule has 0 spiro atoms. The third kappa shape index (κ3) is 4.26. The number of aromatic nitrogens is 5. The number of fused-ring (bicyclic) bond motifs is 1. The predicted octanol–water partition coefficient (Wildman–Crippen LogP) is 3.59. The second-order valence-electron chi connectivity index (χ2n) is 10.5. The van der Waals surface area contributed by atoms with Gasteiger partial charge in [0, 0.05) is 23.6 Å². The molecule has 172 valence electrons. The minimum atomic E-state index is -0.115. The number of anilines is 1. The highest BCUT2D eigenvalue weighted by Gasteiger charge is 2.49. The van der Waals surface area contributed by atoms with Gasteiger partial charge in [-0.1, -0.05) is 29.4 Å². The summed E-state index contributed by atoms with van der Waals surface area (Å²) in [6, 6.07) is 8.13. The molecule has 2 heterocycles. The molecule has 7 rings (SSSR count). The highest BCUT2D eigenvalue weighted by molar-refractivity contribution is 5.88. The molecule has 4 fully saturated rings. The second kappa shape index (κ2) is 8.32. The Morgan fingerprint density at radius 3 is 2.64 bits per heavy atom. The fourth-order valence-corrected chi connectivity index (χ4v) is 7.07. The molecule has 0 saturated heterocycles. The Hall–Kier alpha value is -3.16. The van der Waals surface area contributed by atoms with Gasteiger partial charge in [0.1, 0.15) is 0 Å². The first-order valence-corrected chi connectivity index (χ1v) is 12.2. The molecule has 1 atom stereocenters. The average molecular weight is 446 g/mol. The summed E-state index contributed by atoms with van der Waals surface area (Å²) in [7, 11) is 0. The zero-order chi connectivity index (χ0) is 22.3. The van der Waals surface area contributed by atoms with Crippen molar-refractivity contribution in [2.45, 2.75) is 51.0 Å². The highest BCUT2D eigenvalue weighted by Crippen LogP contribution is 2.60. The number of H-pyrrole nitrogens is 2. The van der Waals surface area contributed by atoms with Crippen LogP contribution in [0.5, 0.6) is 0 Å². The summed E-state index contributed by atoms with van der Waals surface area (Å²) in [6.45, 7) is 0.510. The van der Waals surface area contributed by atoms with E-state index in [2.05, 4.69) is 54.5 Å². The molecule has 8 heteroatoms. The van der Waals surface area contributed by atoms with Crippen molar-refractivity contribution in [2.75, 3.05) is 11.9 Å². The van der Waals surface area contributed by atoms with E-state index in [4.69, 9.17) is 0 Å². The summed E-state index contributed by atoms with van der Waals surface area (Å²) in [5.41, 5.74) is 2.53. The van der Waals surface area contributed by atoms with Gasteiger partial charge in [-0.3, -0.25) is 4.79 Å². The second-order valence-corrected chi connectivity index (χ2v) is 10.5. The number of allylic oxidation sites excluding steroid dienone is 1. The minimum Gasteiger partial charge on any atom is -0.361 e. The van der Waals surface area contributed by atoms with Crippen LogP contribution in [0.1, 0.15) is 44.1 Å². The molecule has 0 aliphatic heterocycles.